The number of Topliss-reactive ketones (excluding diaryl/α,β-unsaturated/α-hetero) is 1. The summed E-state index contributed by atoms with van der Waals surface area (Å²) in [6, 6.07) is 13.0. The van der Waals surface area contributed by atoms with Gasteiger partial charge < -0.3 is 0 Å². The lowest BCUT2D eigenvalue weighted by Gasteiger charge is -2.04. The number of carbonyl (C=O) groups excluding carboxylic acids is 1. The van der Waals surface area contributed by atoms with Crippen molar-refractivity contribution in [2.45, 2.75) is 19.8 Å². The number of benzene rings is 2. The van der Waals surface area contributed by atoms with Gasteiger partial charge in [0.1, 0.15) is 0 Å². The van der Waals surface area contributed by atoms with Crippen LogP contribution in [0.5, 0.6) is 0 Å². The molecule has 1 nitrogen and oxygen atoms in total. The molecule has 0 amide bonds. The third kappa shape index (κ3) is 3.59. The summed E-state index contributed by atoms with van der Waals surface area (Å²) in [4.78, 5) is 12.1. The van der Waals surface area contributed by atoms with Crippen LogP contribution in [0.3, 0.4) is 0 Å². The Kier molecular flexibility index (Phi) is 4.62. The van der Waals surface area contributed by atoms with E-state index in [2.05, 4.69) is 6.92 Å². The highest BCUT2D eigenvalue weighted by atomic mass is 35.5. The van der Waals surface area contributed by atoms with Crippen LogP contribution in [0.4, 0.5) is 0 Å². The summed E-state index contributed by atoms with van der Waals surface area (Å²) < 4.78 is 0. The van der Waals surface area contributed by atoms with Gasteiger partial charge in [-0.3, -0.25) is 4.79 Å². The molecule has 0 saturated heterocycles. The van der Waals surface area contributed by atoms with Crippen LogP contribution in [0.1, 0.15) is 28.4 Å². The third-order valence-corrected chi connectivity index (χ3v) is 3.77. The van der Waals surface area contributed by atoms with E-state index in [1.165, 1.54) is 5.56 Å². The molecule has 0 unspecified atom stereocenters. The predicted molar refractivity (Wildman–Crippen MR) is 80.3 cm³/mol. The van der Waals surface area contributed by atoms with Crippen LogP contribution in [0.2, 0.25) is 10.0 Å². The third-order valence-electron chi connectivity index (χ3n) is 3.03. The molecule has 2 rings (SSSR count). The standard InChI is InChI=1S/C16H14Cl2O/c1-2-11-3-6-13(7-4-11)16(19)10-12-5-8-14(17)15(18)9-12/h3-9H,2,10H2,1H3. The number of hydrogen-bond acceptors (Lipinski definition) is 1. The zero-order valence-electron chi connectivity index (χ0n) is 10.6. The molecule has 0 bridgehead atoms. The number of rotatable bonds is 4. The summed E-state index contributed by atoms with van der Waals surface area (Å²) in [5.41, 5.74) is 2.83. The van der Waals surface area contributed by atoms with Gasteiger partial charge in [0.2, 0.25) is 0 Å². The second-order valence-corrected chi connectivity index (χ2v) is 5.21. The van der Waals surface area contributed by atoms with Gasteiger partial charge in [0, 0.05) is 12.0 Å². The molecular weight excluding hydrogens is 279 g/mol. The van der Waals surface area contributed by atoms with Crippen molar-refractivity contribution in [2.24, 2.45) is 0 Å². The smallest absolute Gasteiger partial charge is 0.167 e. The zero-order chi connectivity index (χ0) is 13.8. The lowest BCUT2D eigenvalue weighted by molar-refractivity contribution is 0.0993. The van der Waals surface area contributed by atoms with Gasteiger partial charge in [-0.1, -0.05) is 60.5 Å². The van der Waals surface area contributed by atoms with Crippen molar-refractivity contribution in [3.05, 3.63) is 69.2 Å². The van der Waals surface area contributed by atoms with Crippen molar-refractivity contribution < 1.29 is 4.79 Å². The van der Waals surface area contributed by atoms with Crippen LogP contribution in [0.25, 0.3) is 0 Å². The summed E-state index contributed by atoms with van der Waals surface area (Å²) in [5.74, 6) is 0.0843. The van der Waals surface area contributed by atoms with Crippen LogP contribution in [-0.2, 0) is 12.8 Å². The van der Waals surface area contributed by atoms with Crippen LogP contribution >= 0.6 is 23.2 Å². The summed E-state index contributed by atoms with van der Waals surface area (Å²) in [6.45, 7) is 2.09. The first-order valence-corrected chi connectivity index (χ1v) is 6.92. The molecule has 0 aliphatic heterocycles. The van der Waals surface area contributed by atoms with E-state index in [9.17, 15) is 4.79 Å². The Morgan fingerprint density at radius 2 is 1.58 bits per heavy atom. The lowest BCUT2D eigenvalue weighted by atomic mass is 10.0. The Balaban J connectivity index is 2.13. The molecule has 0 heterocycles. The summed E-state index contributed by atoms with van der Waals surface area (Å²) in [5, 5.41) is 0.985. The molecule has 0 fully saturated rings. The lowest BCUT2D eigenvalue weighted by Crippen LogP contribution is -2.03. The van der Waals surface area contributed by atoms with Crippen molar-refractivity contribution in [3.63, 3.8) is 0 Å². The zero-order valence-corrected chi connectivity index (χ0v) is 12.1. The number of carbonyl (C=O) groups is 1. The van der Waals surface area contributed by atoms with Gasteiger partial charge in [0.15, 0.2) is 5.78 Å². The Hall–Kier alpha value is -1.31. The minimum absolute atomic E-state index is 0.0843. The van der Waals surface area contributed by atoms with E-state index >= 15 is 0 Å². The van der Waals surface area contributed by atoms with Crippen molar-refractivity contribution >= 4 is 29.0 Å². The average molecular weight is 293 g/mol. The molecule has 0 aliphatic rings. The largest absolute Gasteiger partial charge is 0.294 e. The Bertz CT molecular complexity index is 588. The normalized spacial score (nSPS) is 10.5. The number of ketones is 1. The van der Waals surface area contributed by atoms with Gasteiger partial charge >= 0.3 is 0 Å². The molecule has 2 aromatic carbocycles. The molecule has 0 N–H and O–H groups in total. The fourth-order valence-corrected chi connectivity index (χ4v) is 2.18. The molecule has 0 aliphatic carbocycles. The van der Waals surface area contributed by atoms with E-state index in [-0.39, 0.29) is 5.78 Å². The molecule has 98 valence electrons. The molecular formula is C16H14Cl2O. The minimum Gasteiger partial charge on any atom is -0.294 e. The number of hydrogen-bond donors (Lipinski definition) is 0. The second kappa shape index (κ2) is 6.23. The van der Waals surface area contributed by atoms with E-state index in [1.807, 2.05) is 30.3 Å². The van der Waals surface area contributed by atoms with E-state index in [4.69, 9.17) is 23.2 Å². The van der Waals surface area contributed by atoms with Crippen molar-refractivity contribution in [2.75, 3.05) is 0 Å². The quantitative estimate of drug-likeness (QED) is 0.726. The topological polar surface area (TPSA) is 17.1 Å². The van der Waals surface area contributed by atoms with Gasteiger partial charge in [-0.15, -0.1) is 0 Å². The maximum Gasteiger partial charge on any atom is 0.167 e. The summed E-state index contributed by atoms with van der Waals surface area (Å²) in [7, 11) is 0. The molecule has 3 heteroatoms. The van der Waals surface area contributed by atoms with E-state index < -0.39 is 0 Å². The molecule has 0 atom stereocenters. The molecule has 0 spiro atoms. The SMILES string of the molecule is CCc1ccc(C(=O)Cc2ccc(Cl)c(Cl)c2)cc1. The van der Waals surface area contributed by atoms with Crippen LogP contribution < -0.4 is 0 Å². The monoisotopic (exact) mass is 292 g/mol. The predicted octanol–water partition coefficient (Wildman–Crippen LogP) is 4.98. The highest BCUT2D eigenvalue weighted by molar-refractivity contribution is 6.42. The van der Waals surface area contributed by atoms with Gasteiger partial charge in [0.05, 0.1) is 10.0 Å². The van der Waals surface area contributed by atoms with Crippen molar-refractivity contribution in [1.82, 2.24) is 0 Å². The molecule has 0 saturated carbocycles. The molecule has 2 aromatic rings. The Morgan fingerprint density at radius 1 is 0.947 bits per heavy atom. The highest BCUT2D eigenvalue weighted by Gasteiger charge is 2.08. The van der Waals surface area contributed by atoms with Gasteiger partial charge in [-0.2, -0.15) is 0 Å². The first-order valence-electron chi connectivity index (χ1n) is 6.16. The fraction of sp³-hybridized carbons (Fsp3) is 0.188. The van der Waals surface area contributed by atoms with Gasteiger partial charge in [0.25, 0.3) is 0 Å². The van der Waals surface area contributed by atoms with E-state index in [0.29, 0.717) is 16.5 Å². The van der Waals surface area contributed by atoms with Gasteiger partial charge in [-0.25, -0.2) is 0 Å². The summed E-state index contributed by atoms with van der Waals surface area (Å²) in [6.07, 6.45) is 1.31. The average Bonchev–Trinajstić information content (AvgIpc) is 2.43. The second-order valence-electron chi connectivity index (χ2n) is 4.40. The molecule has 19 heavy (non-hydrogen) atoms. The maximum atomic E-state index is 12.1. The first kappa shape index (κ1) is 14.1. The van der Waals surface area contributed by atoms with E-state index in [1.54, 1.807) is 12.1 Å². The highest BCUT2D eigenvalue weighted by Crippen LogP contribution is 2.23. The first-order chi connectivity index (χ1) is 9.10. The fourth-order valence-electron chi connectivity index (χ4n) is 1.86. The Morgan fingerprint density at radius 3 is 2.16 bits per heavy atom. The minimum atomic E-state index is 0.0843. The van der Waals surface area contributed by atoms with Crippen molar-refractivity contribution in [3.8, 4) is 0 Å². The van der Waals surface area contributed by atoms with Gasteiger partial charge in [-0.05, 0) is 29.7 Å². The maximum absolute atomic E-state index is 12.1. The number of aryl methyl sites for hydroxylation is 1. The van der Waals surface area contributed by atoms with Crippen LogP contribution in [0.15, 0.2) is 42.5 Å². The molecule has 0 radical (unpaired) electrons. The van der Waals surface area contributed by atoms with E-state index in [0.717, 1.165) is 17.5 Å². The Labute approximate surface area is 123 Å². The molecule has 0 aromatic heterocycles. The van der Waals surface area contributed by atoms with Crippen LogP contribution in [-0.4, -0.2) is 5.78 Å². The van der Waals surface area contributed by atoms with Crippen LogP contribution in [0, 0.1) is 0 Å². The van der Waals surface area contributed by atoms with Crippen molar-refractivity contribution in [1.29, 1.82) is 0 Å². The summed E-state index contributed by atoms with van der Waals surface area (Å²) >= 11 is 11.8. The number of halogens is 2.